The van der Waals surface area contributed by atoms with Gasteiger partial charge in [-0.15, -0.1) is 0 Å². The molecule has 1 N–H and O–H groups in total. The SMILES string of the molecule is O=C(N[C@H]1CC[C@@]2(CCN(c3ccc(F)cc3Cl)C2=O)CC1)c1cnn2ccc(C(F)F)nc12. The standard InChI is InChI=1S/C23H21ClF3N5O2/c24-16-11-13(25)1-2-18(16)31-10-8-23(22(31)34)6-3-14(4-7-23)29-21(33)15-12-28-32-9-5-17(19(26)27)30-20(15)32/h1-2,5,9,11-12,14,19H,3-4,6-8,10H2,(H,29,33)/t14-,23-. The zero-order valence-corrected chi connectivity index (χ0v) is 18.7. The molecule has 3 aromatic rings. The Kier molecular flexibility index (Phi) is 5.71. The molecule has 1 spiro atoms. The molecule has 1 saturated heterocycles. The summed E-state index contributed by atoms with van der Waals surface area (Å²) in [6.45, 7) is 0.502. The second-order valence-corrected chi connectivity index (χ2v) is 9.22. The highest BCUT2D eigenvalue weighted by atomic mass is 35.5. The molecule has 7 nitrogen and oxygen atoms in total. The van der Waals surface area contributed by atoms with Gasteiger partial charge in [-0.25, -0.2) is 22.7 Å². The molecular weight excluding hydrogens is 471 g/mol. The van der Waals surface area contributed by atoms with Gasteiger partial charge in [0.2, 0.25) is 5.91 Å². The second-order valence-electron chi connectivity index (χ2n) is 8.81. The molecule has 2 amide bonds. The van der Waals surface area contributed by atoms with Gasteiger partial charge in [0.25, 0.3) is 12.3 Å². The van der Waals surface area contributed by atoms with E-state index in [-0.39, 0.29) is 28.2 Å². The Labute approximate surface area is 197 Å². The predicted octanol–water partition coefficient (Wildman–Crippen LogP) is 4.56. The van der Waals surface area contributed by atoms with Crippen molar-refractivity contribution in [1.29, 1.82) is 0 Å². The van der Waals surface area contributed by atoms with Crippen LogP contribution in [0, 0.1) is 11.2 Å². The zero-order valence-electron chi connectivity index (χ0n) is 18.0. The maximum atomic E-state index is 13.4. The van der Waals surface area contributed by atoms with E-state index in [1.807, 2.05) is 0 Å². The number of alkyl halides is 2. The molecule has 11 heteroatoms. The summed E-state index contributed by atoms with van der Waals surface area (Å²) in [7, 11) is 0. The first-order valence-corrected chi connectivity index (χ1v) is 11.4. The quantitative estimate of drug-likeness (QED) is 0.580. The molecule has 34 heavy (non-hydrogen) atoms. The number of benzene rings is 1. The minimum Gasteiger partial charge on any atom is -0.349 e. The summed E-state index contributed by atoms with van der Waals surface area (Å²) in [5.74, 6) is -0.928. The summed E-state index contributed by atoms with van der Waals surface area (Å²) >= 11 is 6.17. The molecule has 2 aliphatic rings. The van der Waals surface area contributed by atoms with Gasteiger partial charge in [-0.2, -0.15) is 5.10 Å². The molecule has 2 aromatic heterocycles. The fourth-order valence-electron chi connectivity index (χ4n) is 4.96. The van der Waals surface area contributed by atoms with E-state index in [1.165, 1.54) is 35.1 Å². The molecule has 0 bridgehead atoms. The lowest BCUT2D eigenvalue weighted by Gasteiger charge is -2.36. The first kappa shape index (κ1) is 22.6. The van der Waals surface area contributed by atoms with Crippen LogP contribution in [0.5, 0.6) is 0 Å². The van der Waals surface area contributed by atoms with E-state index in [2.05, 4.69) is 15.4 Å². The van der Waals surface area contributed by atoms with Crippen molar-refractivity contribution >= 4 is 34.7 Å². The van der Waals surface area contributed by atoms with Gasteiger partial charge < -0.3 is 10.2 Å². The Morgan fingerprint density at radius 1 is 1.21 bits per heavy atom. The number of hydrogen-bond donors (Lipinski definition) is 1. The predicted molar refractivity (Wildman–Crippen MR) is 118 cm³/mol. The fraction of sp³-hybridized carbons (Fsp3) is 0.391. The third kappa shape index (κ3) is 3.89. The van der Waals surface area contributed by atoms with Gasteiger partial charge >= 0.3 is 0 Å². The van der Waals surface area contributed by atoms with Crippen LogP contribution in [0.3, 0.4) is 0 Å². The van der Waals surface area contributed by atoms with Gasteiger partial charge in [0, 0.05) is 18.8 Å². The number of halogens is 4. The number of nitrogens with zero attached hydrogens (tertiary/aromatic N) is 4. The molecule has 178 valence electrons. The molecule has 0 unspecified atom stereocenters. The summed E-state index contributed by atoms with van der Waals surface area (Å²) in [6, 6.07) is 4.99. The van der Waals surface area contributed by atoms with Crippen LogP contribution in [0.25, 0.3) is 5.65 Å². The minimum atomic E-state index is -2.75. The molecular formula is C23H21ClF3N5O2. The normalized spacial score (nSPS) is 22.8. The highest BCUT2D eigenvalue weighted by molar-refractivity contribution is 6.34. The number of nitrogens with one attached hydrogen (secondary N) is 1. The molecule has 5 rings (SSSR count). The lowest BCUT2D eigenvalue weighted by atomic mass is 9.71. The van der Waals surface area contributed by atoms with E-state index in [0.29, 0.717) is 44.3 Å². The number of rotatable bonds is 4. The van der Waals surface area contributed by atoms with Gasteiger partial charge in [0.1, 0.15) is 17.1 Å². The van der Waals surface area contributed by atoms with Crippen LogP contribution in [0.4, 0.5) is 18.9 Å². The molecule has 1 aliphatic heterocycles. The topological polar surface area (TPSA) is 79.6 Å². The maximum absolute atomic E-state index is 13.4. The van der Waals surface area contributed by atoms with Crippen molar-refractivity contribution in [3.05, 3.63) is 58.8 Å². The van der Waals surface area contributed by atoms with Gasteiger partial charge in [0.05, 0.1) is 22.3 Å². The van der Waals surface area contributed by atoms with Gasteiger partial charge in [-0.05, 0) is 56.4 Å². The maximum Gasteiger partial charge on any atom is 0.280 e. The van der Waals surface area contributed by atoms with Crippen molar-refractivity contribution in [3.63, 3.8) is 0 Å². The molecule has 1 saturated carbocycles. The summed E-state index contributed by atoms with van der Waals surface area (Å²) in [5, 5.41) is 7.15. The lowest BCUT2D eigenvalue weighted by molar-refractivity contribution is -0.127. The molecule has 0 atom stereocenters. The highest BCUT2D eigenvalue weighted by Gasteiger charge is 2.49. The van der Waals surface area contributed by atoms with Crippen LogP contribution >= 0.6 is 11.6 Å². The highest BCUT2D eigenvalue weighted by Crippen LogP contribution is 2.47. The van der Waals surface area contributed by atoms with Crippen molar-refractivity contribution < 1.29 is 22.8 Å². The van der Waals surface area contributed by atoms with Gasteiger partial charge in [0.15, 0.2) is 5.65 Å². The monoisotopic (exact) mass is 491 g/mol. The average Bonchev–Trinajstić information content (AvgIpc) is 3.37. The van der Waals surface area contributed by atoms with Crippen molar-refractivity contribution in [3.8, 4) is 0 Å². The van der Waals surface area contributed by atoms with Crippen LogP contribution < -0.4 is 10.2 Å². The number of fused-ring (bicyclic) bond motifs is 1. The third-order valence-corrected chi connectivity index (χ3v) is 7.15. The summed E-state index contributed by atoms with van der Waals surface area (Å²) in [5.41, 5.74) is -0.259. The summed E-state index contributed by atoms with van der Waals surface area (Å²) < 4.78 is 40.7. The van der Waals surface area contributed by atoms with Gasteiger partial charge in [-0.1, -0.05) is 11.6 Å². The number of aromatic nitrogens is 3. The van der Waals surface area contributed by atoms with Crippen LogP contribution in [0.1, 0.15) is 54.6 Å². The van der Waals surface area contributed by atoms with Crippen LogP contribution in [-0.2, 0) is 4.79 Å². The molecule has 1 aliphatic carbocycles. The van der Waals surface area contributed by atoms with E-state index < -0.39 is 29.3 Å². The van der Waals surface area contributed by atoms with Crippen molar-refractivity contribution in [2.24, 2.45) is 5.41 Å². The van der Waals surface area contributed by atoms with E-state index in [4.69, 9.17) is 11.6 Å². The Morgan fingerprint density at radius 2 is 1.97 bits per heavy atom. The first-order valence-electron chi connectivity index (χ1n) is 11.0. The fourth-order valence-corrected chi connectivity index (χ4v) is 5.23. The van der Waals surface area contributed by atoms with Crippen LogP contribution in [0.2, 0.25) is 5.02 Å². The number of amides is 2. The third-order valence-electron chi connectivity index (χ3n) is 6.85. The smallest absolute Gasteiger partial charge is 0.280 e. The van der Waals surface area contributed by atoms with Crippen molar-refractivity contribution in [2.45, 2.75) is 44.6 Å². The van der Waals surface area contributed by atoms with Crippen molar-refractivity contribution in [2.75, 3.05) is 11.4 Å². The van der Waals surface area contributed by atoms with E-state index in [9.17, 15) is 22.8 Å². The molecule has 2 fully saturated rings. The summed E-state index contributed by atoms with van der Waals surface area (Å²) in [6.07, 6.45) is 2.93. The van der Waals surface area contributed by atoms with Gasteiger partial charge in [-0.3, -0.25) is 9.59 Å². The Morgan fingerprint density at radius 3 is 2.68 bits per heavy atom. The lowest BCUT2D eigenvalue weighted by Crippen LogP contribution is -2.44. The number of hydrogen-bond acceptors (Lipinski definition) is 4. The van der Waals surface area contributed by atoms with Crippen LogP contribution in [0.15, 0.2) is 36.7 Å². The number of anilines is 1. The molecule has 3 heterocycles. The average molecular weight is 492 g/mol. The largest absolute Gasteiger partial charge is 0.349 e. The van der Waals surface area contributed by atoms with Crippen LogP contribution in [-0.4, -0.2) is 39.0 Å². The van der Waals surface area contributed by atoms with E-state index in [0.717, 1.165) is 6.07 Å². The van der Waals surface area contributed by atoms with Crippen molar-refractivity contribution in [1.82, 2.24) is 19.9 Å². The Hall–Kier alpha value is -3.14. The molecule has 1 aromatic carbocycles. The van der Waals surface area contributed by atoms with E-state index >= 15 is 0 Å². The number of carbonyl (C=O) groups is 2. The van der Waals surface area contributed by atoms with E-state index in [1.54, 1.807) is 4.90 Å². The number of carbonyl (C=O) groups excluding carboxylic acids is 2. The first-order chi connectivity index (χ1) is 16.3. The Bertz CT molecular complexity index is 1270. The second kappa shape index (κ2) is 8.57. The minimum absolute atomic E-state index is 0.0304. The molecule has 0 radical (unpaired) electrons. The summed E-state index contributed by atoms with van der Waals surface area (Å²) in [4.78, 5) is 31.6. The Balaban J connectivity index is 1.25. The zero-order chi connectivity index (χ0) is 24.0.